The van der Waals surface area contributed by atoms with Crippen molar-refractivity contribution in [3.63, 3.8) is 0 Å². The molecule has 2 aromatic carbocycles. The highest BCUT2D eigenvalue weighted by molar-refractivity contribution is 5.94. The molecule has 1 N–H and O–H groups in total. The maximum atomic E-state index is 12.4. The van der Waals surface area contributed by atoms with Crippen molar-refractivity contribution in [3.05, 3.63) is 71.3 Å². The number of amides is 1. The van der Waals surface area contributed by atoms with Crippen LogP contribution in [0, 0.1) is 0 Å². The summed E-state index contributed by atoms with van der Waals surface area (Å²) in [6.07, 6.45) is -0.599. The van der Waals surface area contributed by atoms with Gasteiger partial charge in [-0.05, 0) is 23.3 Å². The fourth-order valence-corrected chi connectivity index (χ4v) is 2.50. The van der Waals surface area contributed by atoms with Crippen molar-refractivity contribution in [1.29, 1.82) is 0 Å². The van der Waals surface area contributed by atoms with Crippen LogP contribution < -0.4 is 0 Å². The monoisotopic (exact) mass is 253 g/mol. The van der Waals surface area contributed by atoms with Gasteiger partial charge in [-0.2, -0.15) is 0 Å². The van der Waals surface area contributed by atoms with Crippen molar-refractivity contribution < 1.29 is 9.90 Å². The molecule has 0 saturated carbocycles. The zero-order valence-corrected chi connectivity index (χ0v) is 10.5. The molecule has 2 aromatic rings. The van der Waals surface area contributed by atoms with Gasteiger partial charge in [0.15, 0.2) is 0 Å². The lowest BCUT2D eigenvalue weighted by molar-refractivity contribution is 0.0550. The number of benzene rings is 2. The van der Waals surface area contributed by atoms with E-state index in [2.05, 4.69) is 0 Å². The van der Waals surface area contributed by atoms with E-state index in [0.29, 0.717) is 18.7 Å². The number of aliphatic hydroxyl groups excluding tert-OH is 1. The Hall–Kier alpha value is -2.13. The van der Waals surface area contributed by atoms with Gasteiger partial charge >= 0.3 is 0 Å². The lowest BCUT2D eigenvalue weighted by Gasteiger charge is -2.32. The Kier molecular flexibility index (Phi) is 3.05. The molecule has 0 bridgehead atoms. The predicted molar refractivity (Wildman–Crippen MR) is 72.6 cm³/mol. The second-order valence-corrected chi connectivity index (χ2v) is 4.77. The van der Waals surface area contributed by atoms with Crippen molar-refractivity contribution in [2.45, 2.75) is 12.6 Å². The van der Waals surface area contributed by atoms with E-state index >= 15 is 0 Å². The van der Waals surface area contributed by atoms with Gasteiger partial charge in [-0.1, -0.05) is 42.5 Å². The van der Waals surface area contributed by atoms with Crippen LogP contribution in [0.2, 0.25) is 0 Å². The van der Waals surface area contributed by atoms with Crippen LogP contribution in [0.15, 0.2) is 54.6 Å². The van der Waals surface area contributed by atoms with E-state index in [1.54, 1.807) is 17.0 Å². The molecule has 0 aliphatic carbocycles. The van der Waals surface area contributed by atoms with Gasteiger partial charge in [-0.25, -0.2) is 0 Å². The number of rotatable bonds is 1. The summed E-state index contributed by atoms with van der Waals surface area (Å²) in [5, 5.41) is 10.1. The average Bonchev–Trinajstić information content (AvgIpc) is 2.47. The fraction of sp³-hybridized carbons (Fsp3) is 0.188. The summed E-state index contributed by atoms with van der Waals surface area (Å²) in [7, 11) is 0. The molecule has 0 saturated heterocycles. The smallest absolute Gasteiger partial charge is 0.254 e. The molecule has 1 aliphatic heterocycles. The number of carbonyl (C=O) groups is 1. The number of fused-ring (bicyclic) bond motifs is 1. The first-order valence-corrected chi connectivity index (χ1v) is 6.36. The van der Waals surface area contributed by atoms with Crippen molar-refractivity contribution in [2.75, 3.05) is 6.54 Å². The van der Waals surface area contributed by atoms with Crippen LogP contribution in [0.25, 0.3) is 0 Å². The number of β-amino-alcohol motifs (C(OH)–C–C–N with tert-alkyl or cyclic N) is 1. The lowest BCUT2D eigenvalue weighted by atomic mass is 9.97. The van der Waals surface area contributed by atoms with Gasteiger partial charge in [0, 0.05) is 12.1 Å². The van der Waals surface area contributed by atoms with Gasteiger partial charge in [0.25, 0.3) is 5.91 Å². The van der Waals surface area contributed by atoms with Crippen LogP contribution in [0.4, 0.5) is 0 Å². The van der Waals surface area contributed by atoms with Crippen molar-refractivity contribution >= 4 is 5.91 Å². The minimum absolute atomic E-state index is 0.0332. The molecule has 3 rings (SSSR count). The van der Waals surface area contributed by atoms with E-state index in [1.807, 2.05) is 42.5 Å². The zero-order valence-electron chi connectivity index (χ0n) is 10.5. The van der Waals surface area contributed by atoms with Gasteiger partial charge < -0.3 is 10.0 Å². The second kappa shape index (κ2) is 4.86. The van der Waals surface area contributed by atoms with Crippen LogP contribution in [-0.4, -0.2) is 22.5 Å². The molecule has 1 amide bonds. The Morgan fingerprint density at radius 2 is 1.74 bits per heavy atom. The van der Waals surface area contributed by atoms with E-state index in [-0.39, 0.29) is 5.91 Å². The van der Waals surface area contributed by atoms with E-state index in [4.69, 9.17) is 0 Å². The van der Waals surface area contributed by atoms with Crippen molar-refractivity contribution in [3.8, 4) is 0 Å². The SMILES string of the molecule is O=C(c1ccccc1)N1Cc2ccccc2[C@H](O)C1. The number of nitrogens with zero attached hydrogens (tertiary/aromatic N) is 1. The molecular weight excluding hydrogens is 238 g/mol. The second-order valence-electron chi connectivity index (χ2n) is 4.77. The Labute approximate surface area is 112 Å². The first-order chi connectivity index (χ1) is 9.25. The van der Waals surface area contributed by atoms with Crippen LogP contribution in [0.3, 0.4) is 0 Å². The molecule has 96 valence electrons. The summed E-state index contributed by atoms with van der Waals surface area (Å²) in [5.74, 6) is -0.0332. The first-order valence-electron chi connectivity index (χ1n) is 6.36. The van der Waals surface area contributed by atoms with Gasteiger partial charge in [-0.3, -0.25) is 4.79 Å². The maximum absolute atomic E-state index is 12.4. The summed E-state index contributed by atoms with van der Waals surface area (Å²) in [5.41, 5.74) is 2.61. The van der Waals surface area contributed by atoms with Crippen LogP contribution in [0.5, 0.6) is 0 Å². The van der Waals surface area contributed by atoms with E-state index in [1.165, 1.54) is 0 Å². The molecule has 0 fully saturated rings. The summed E-state index contributed by atoms with van der Waals surface area (Å²) < 4.78 is 0. The number of hydrogen-bond donors (Lipinski definition) is 1. The molecule has 1 aliphatic rings. The highest BCUT2D eigenvalue weighted by Crippen LogP contribution is 2.27. The van der Waals surface area contributed by atoms with Crippen molar-refractivity contribution in [2.24, 2.45) is 0 Å². The number of carbonyl (C=O) groups excluding carboxylic acids is 1. The summed E-state index contributed by atoms with van der Waals surface area (Å²) in [6, 6.07) is 16.9. The van der Waals surface area contributed by atoms with Crippen LogP contribution >= 0.6 is 0 Å². The normalized spacial score (nSPS) is 17.9. The Balaban J connectivity index is 1.88. The largest absolute Gasteiger partial charge is 0.387 e. The third-order valence-electron chi connectivity index (χ3n) is 3.48. The first kappa shape index (κ1) is 11.9. The molecule has 0 radical (unpaired) electrons. The quantitative estimate of drug-likeness (QED) is 0.847. The minimum atomic E-state index is -0.599. The Bertz CT molecular complexity index is 595. The third kappa shape index (κ3) is 2.25. The Morgan fingerprint density at radius 3 is 2.53 bits per heavy atom. The highest BCUT2D eigenvalue weighted by Gasteiger charge is 2.26. The van der Waals surface area contributed by atoms with Gasteiger partial charge in [0.1, 0.15) is 0 Å². The maximum Gasteiger partial charge on any atom is 0.254 e. The highest BCUT2D eigenvalue weighted by atomic mass is 16.3. The van der Waals surface area contributed by atoms with Gasteiger partial charge in [0.2, 0.25) is 0 Å². The lowest BCUT2D eigenvalue weighted by Crippen LogP contribution is -2.38. The van der Waals surface area contributed by atoms with Gasteiger partial charge in [0.05, 0.1) is 12.6 Å². The van der Waals surface area contributed by atoms with Crippen molar-refractivity contribution in [1.82, 2.24) is 4.90 Å². The number of aliphatic hydroxyl groups is 1. The number of hydrogen-bond acceptors (Lipinski definition) is 2. The molecule has 3 nitrogen and oxygen atoms in total. The molecule has 0 aromatic heterocycles. The summed E-state index contributed by atoms with van der Waals surface area (Å²) in [4.78, 5) is 14.1. The molecule has 0 unspecified atom stereocenters. The minimum Gasteiger partial charge on any atom is -0.387 e. The van der Waals surface area contributed by atoms with E-state index in [0.717, 1.165) is 11.1 Å². The predicted octanol–water partition coefficient (Wildman–Crippen LogP) is 2.38. The topological polar surface area (TPSA) is 40.5 Å². The Morgan fingerprint density at radius 1 is 1.05 bits per heavy atom. The third-order valence-corrected chi connectivity index (χ3v) is 3.48. The molecule has 19 heavy (non-hydrogen) atoms. The zero-order chi connectivity index (χ0) is 13.2. The molecule has 1 atom stereocenters. The van der Waals surface area contributed by atoms with Crippen LogP contribution in [-0.2, 0) is 6.54 Å². The molecule has 0 spiro atoms. The molecule has 3 heteroatoms. The molecular formula is C16H15NO2. The summed E-state index contributed by atoms with van der Waals surface area (Å²) >= 11 is 0. The van der Waals surface area contributed by atoms with E-state index in [9.17, 15) is 9.90 Å². The van der Waals surface area contributed by atoms with Crippen LogP contribution in [0.1, 0.15) is 27.6 Å². The standard InChI is InChI=1S/C16H15NO2/c18-15-11-17(10-13-8-4-5-9-14(13)15)16(19)12-6-2-1-3-7-12/h1-9,15,18H,10-11H2/t15-/m1/s1. The van der Waals surface area contributed by atoms with Gasteiger partial charge in [-0.15, -0.1) is 0 Å². The summed E-state index contributed by atoms with van der Waals surface area (Å²) in [6.45, 7) is 0.908. The fourth-order valence-electron chi connectivity index (χ4n) is 2.50. The average molecular weight is 253 g/mol. The molecule has 1 heterocycles. The van der Waals surface area contributed by atoms with E-state index < -0.39 is 6.10 Å².